The lowest BCUT2D eigenvalue weighted by Gasteiger charge is -2.29. The van der Waals surface area contributed by atoms with E-state index in [0.717, 1.165) is 105 Å². The first-order valence-corrected chi connectivity index (χ1v) is 25.0. The molecular formula is C52H54N8O4S2. The first-order chi connectivity index (χ1) is 32.4. The van der Waals surface area contributed by atoms with Crippen LogP contribution in [0.3, 0.4) is 0 Å². The van der Waals surface area contributed by atoms with Crippen LogP contribution in [0.1, 0.15) is 96.7 Å². The van der Waals surface area contributed by atoms with Crippen LogP contribution in [0.4, 0.5) is 9.59 Å². The molecule has 12 nitrogen and oxygen atoms in total. The number of thiazole rings is 2. The maximum Gasteiger partial charge on any atom is 0.318 e. The van der Waals surface area contributed by atoms with Crippen LogP contribution < -0.4 is 10.6 Å². The quantitative estimate of drug-likeness (QED) is 0.133. The van der Waals surface area contributed by atoms with Gasteiger partial charge in [0.05, 0.1) is 21.8 Å². The van der Waals surface area contributed by atoms with E-state index in [1.54, 1.807) is 32.5 Å². The standard InChI is InChI=1S/C52H54N8O4S2/c61-49(45(39-13-3-1-4-14-39)55-51(63)57-27-7-8-28-57)59-31-11-17-41(59)47-53-33-43(65-47)37-23-19-35(20-24-37)36-21-25-38(26-22-36)44-34-54-48(66-44)42-18-12-32-60(42)50(62)46(40-15-5-2-6-16-40)56-52(64)58-29-9-10-30-58/h1-6,13-16,19-26,33-34,41-42,45-46H,7-12,17-18,27-32H2,(H,55,63)(H,56,64)/t41-,42-,45-,46+/m0/s1. The van der Waals surface area contributed by atoms with E-state index in [2.05, 4.69) is 59.2 Å². The number of hydrogen-bond donors (Lipinski definition) is 2. The Morgan fingerprint density at radius 1 is 0.470 bits per heavy atom. The number of nitrogens with zero attached hydrogens (tertiary/aromatic N) is 6. The Kier molecular flexibility index (Phi) is 12.9. The van der Waals surface area contributed by atoms with E-state index in [4.69, 9.17) is 9.97 Å². The summed E-state index contributed by atoms with van der Waals surface area (Å²) in [4.78, 5) is 74.2. The van der Waals surface area contributed by atoms with Gasteiger partial charge in [0.2, 0.25) is 11.8 Å². The van der Waals surface area contributed by atoms with Crippen molar-refractivity contribution < 1.29 is 19.2 Å². The van der Waals surface area contributed by atoms with Crippen molar-refractivity contribution in [2.75, 3.05) is 39.3 Å². The zero-order valence-corrected chi connectivity index (χ0v) is 38.5. The number of hydrogen-bond acceptors (Lipinski definition) is 8. The summed E-state index contributed by atoms with van der Waals surface area (Å²) in [6.07, 6.45) is 11.2. The predicted molar refractivity (Wildman–Crippen MR) is 259 cm³/mol. The molecule has 0 bridgehead atoms. The molecule has 4 saturated heterocycles. The fraction of sp³-hybridized carbons (Fsp3) is 0.346. The van der Waals surface area contributed by atoms with E-state index in [0.29, 0.717) is 39.3 Å². The lowest BCUT2D eigenvalue weighted by atomic mass is 10.0. The molecule has 4 atom stereocenters. The zero-order valence-electron chi connectivity index (χ0n) is 36.9. The third-order valence-electron chi connectivity index (χ3n) is 13.4. The van der Waals surface area contributed by atoms with Crippen molar-refractivity contribution in [1.82, 2.24) is 40.2 Å². The number of carbonyl (C=O) groups excluding carboxylic acids is 4. The van der Waals surface area contributed by atoms with Crippen LogP contribution in [0.2, 0.25) is 0 Å². The van der Waals surface area contributed by atoms with Crippen LogP contribution in [-0.2, 0) is 9.59 Å². The summed E-state index contributed by atoms with van der Waals surface area (Å²) in [7, 11) is 0. The number of urea groups is 2. The highest BCUT2D eigenvalue weighted by Gasteiger charge is 2.39. The van der Waals surface area contributed by atoms with Crippen LogP contribution in [0.15, 0.2) is 122 Å². The molecule has 6 heterocycles. The molecule has 4 aliphatic rings. The number of rotatable bonds is 11. The normalized spacial score (nSPS) is 19.3. The van der Waals surface area contributed by atoms with Crippen LogP contribution in [0.5, 0.6) is 0 Å². The lowest BCUT2D eigenvalue weighted by molar-refractivity contribution is -0.135. The molecule has 0 radical (unpaired) electrons. The molecule has 4 aliphatic heterocycles. The van der Waals surface area contributed by atoms with E-state index in [1.165, 1.54) is 0 Å². The minimum atomic E-state index is -0.763. The summed E-state index contributed by atoms with van der Waals surface area (Å²) < 4.78 is 0. The Balaban J connectivity index is 0.793. The monoisotopic (exact) mass is 918 g/mol. The van der Waals surface area contributed by atoms with Crippen molar-refractivity contribution in [3.8, 4) is 32.0 Å². The largest absolute Gasteiger partial charge is 0.331 e. The first-order valence-electron chi connectivity index (χ1n) is 23.3. The summed E-state index contributed by atoms with van der Waals surface area (Å²) in [5.74, 6) is -0.195. The van der Waals surface area contributed by atoms with Gasteiger partial charge in [-0.1, -0.05) is 109 Å². The van der Waals surface area contributed by atoms with Gasteiger partial charge in [-0.15, -0.1) is 22.7 Å². The summed E-state index contributed by atoms with van der Waals surface area (Å²) >= 11 is 3.24. The van der Waals surface area contributed by atoms with Gasteiger partial charge in [0.15, 0.2) is 0 Å². The third kappa shape index (κ3) is 9.21. The second-order valence-electron chi connectivity index (χ2n) is 17.6. The fourth-order valence-corrected chi connectivity index (χ4v) is 12.0. The molecule has 4 fully saturated rings. The summed E-state index contributed by atoms with van der Waals surface area (Å²) in [5.41, 5.74) is 5.89. The maximum atomic E-state index is 14.3. The van der Waals surface area contributed by atoms with Crippen LogP contribution >= 0.6 is 22.7 Å². The van der Waals surface area contributed by atoms with Crippen LogP contribution in [0.25, 0.3) is 32.0 Å². The zero-order chi connectivity index (χ0) is 45.0. The van der Waals surface area contributed by atoms with Gasteiger partial charge in [0.25, 0.3) is 0 Å². The van der Waals surface area contributed by atoms with E-state index < -0.39 is 12.1 Å². The lowest BCUT2D eigenvalue weighted by Crippen LogP contribution is -2.46. The van der Waals surface area contributed by atoms with Crippen molar-refractivity contribution in [2.24, 2.45) is 0 Å². The summed E-state index contributed by atoms with van der Waals surface area (Å²) in [6.45, 7) is 4.09. The molecule has 0 spiro atoms. The van der Waals surface area contributed by atoms with E-state index in [9.17, 15) is 19.2 Å². The second-order valence-corrected chi connectivity index (χ2v) is 19.8. The molecule has 2 N–H and O–H groups in total. The van der Waals surface area contributed by atoms with Gasteiger partial charge in [0, 0.05) is 51.7 Å². The Bertz CT molecular complexity index is 2460. The Hall–Kier alpha value is -6.38. The van der Waals surface area contributed by atoms with Crippen LogP contribution in [0, 0.1) is 0 Å². The molecule has 4 aromatic carbocycles. The molecule has 338 valence electrons. The van der Waals surface area contributed by atoms with Gasteiger partial charge < -0.3 is 30.2 Å². The molecule has 66 heavy (non-hydrogen) atoms. The molecule has 0 unspecified atom stereocenters. The minimum Gasteiger partial charge on any atom is -0.331 e. The average molecular weight is 919 g/mol. The third-order valence-corrected chi connectivity index (χ3v) is 15.7. The van der Waals surface area contributed by atoms with Crippen molar-refractivity contribution >= 4 is 46.6 Å². The van der Waals surface area contributed by atoms with Gasteiger partial charge in [-0.3, -0.25) is 9.59 Å². The number of aromatic nitrogens is 2. The van der Waals surface area contributed by atoms with E-state index in [1.807, 2.05) is 82.9 Å². The Morgan fingerprint density at radius 3 is 1.21 bits per heavy atom. The van der Waals surface area contributed by atoms with Crippen molar-refractivity contribution in [2.45, 2.75) is 75.5 Å². The van der Waals surface area contributed by atoms with Crippen molar-refractivity contribution in [1.29, 1.82) is 0 Å². The molecule has 6 amide bonds. The average Bonchev–Trinajstić information content (AvgIpc) is 4.22. The summed E-state index contributed by atoms with van der Waals surface area (Å²) in [5, 5.41) is 7.96. The number of carbonyl (C=O) groups is 4. The number of likely N-dealkylation sites (tertiary alicyclic amines) is 4. The predicted octanol–water partition coefficient (Wildman–Crippen LogP) is 10.0. The van der Waals surface area contributed by atoms with Gasteiger partial charge in [-0.05, 0) is 84.7 Å². The highest BCUT2D eigenvalue weighted by Crippen LogP contribution is 2.41. The highest BCUT2D eigenvalue weighted by atomic mass is 32.1. The van der Waals surface area contributed by atoms with E-state index >= 15 is 0 Å². The molecule has 10 rings (SSSR count). The molecule has 2 aromatic heterocycles. The molecule has 0 saturated carbocycles. The SMILES string of the molecule is O=C(N[C@H](C(=O)N1CCC[C@H]1c1ncc(-c2ccc(-c3ccc(-c4cnc([C@@H]5CCCN5C(=O)[C@H](NC(=O)N5CCCC5)c5ccccc5)s4)cc3)cc2)s1)c1ccccc1)N1CCCC1. The van der Waals surface area contributed by atoms with E-state index in [-0.39, 0.29) is 36.0 Å². The number of nitrogens with one attached hydrogen (secondary N) is 2. The van der Waals surface area contributed by atoms with Gasteiger partial charge in [-0.25, -0.2) is 19.6 Å². The molecular weight excluding hydrogens is 865 g/mol. The minimum absolute atomic E-state index is 0.0975. The van der Waals surface area contributed by atoms with Gasteiger partial charge >= 0.3 is 12.1 Å². The molecule has 6 aromatic rings. The topological polar surface area (TPSA) is 131 Å². The van der Waals surface area contributed by atoms with Gasteiger partial charge in [0.1, 0.15) is 22.1 Å². The Labute approximate surface area is 393 Å². The van der Waals surface area contributed by atoms with Crippen molar-refractivity contribution in [3.63, 3.8) is 0 Å². The first kappa shape index (κ1) is 43.5. The smallest absolute Gasteiger partial charge is 0.318 e. The molecule has 14 heteroatoms. The number of amides is 6. The Morgan fingerprint density at radius 2 is 0.833 bits per heavy atom. The van der Waals surface area contributed by atoms with Crippen molar-refractivity contribution in [3.05, 3.63) is 143 Å². The number of benzene rings is 4. The fourth-order valence-electron chi connectivity index (χ4n) is 9.85. The second kappa shape index (κ2) is 19.6. The summed E-state index contributed by atoms with van der Waals surface area (Å²) in [6, 6.07) is 34.0. The van der Waals surface area contributed by atoms with Gasteiger partial charge in [-0.2, -0.15) is 0 Å². The highest BCUT2D eigenvalue weighted by molar-refractivity contribution is 7.15. The molecule has 0 aliphatic carbocycles. The maximum absolute atomic E-state index is 14.3. The van der Waals surface area contributed by atoms with Crippen LogP contribution in [-0.4, -0.2) is 92.7 Å².